The van der Waals surface area contributed by atoms with Gasteiger partial charge >= 0.3 is 0 Å². The molecule has 1 aliphatic heterocycles. The van der Waals surface area contributed by atoms with Gasteiger partial charge in [-0.15, -0.1) is 11.8 Å². The third kappa shape index (κ3) is 2.73. The Kier molecular flexibility index (Phi) is 3.69. The standard InChI is InChI=1S/C15H19NO2S/c1-2-18-13-6-4-3-5-12(13)15-16(9-11-7-8-11)14(17)10-19-15/h3-6,11,15H,2,7-10H2,1H3. The number of hydrogen-bond donors (Lipinski definition) is 0. The Morgan fingerprint density at radius 3 is 2.89 bits per heavy atom. The lowest BCUT2D eigenvalue weighted by atomic mass is 10.1. The molecule has 1 saturated carbocycles. The summed E-state index contributed by atoms with van der Waals surface area (Å²) in [6, 6.07) is 8.09. The Bertz CT molecular complexity index is 473. The minimum Gasteiger partial charge on any atom is -0.493 e. The molecule has 3 nitrogen and oxygen atoms in total. The van der Waals surface area contributed by atoms with Crippen LogP contribution in [0.3, 0.4) is 0 Å². The maximum atomic E-state index is 12.1. The van der Waals surface area contributed by atoms with Crippen LogP contribution in [0.4, 0.5) is 0 Å². The lowest BCUT2D eigenvalue weighted by Gasteiger charge is -2.25. The van der Waals surface area contributed by atoms with Crippen molar-refractivity contribution in [3.8, 4) is 5.75 Å². The van der Waals surface area contributed by atoms with E-state index in [1.807, 2.05) is 30.0 Å². The van der Waals surface area contributed by atoms with E-state index < -0.39 is 0 Å². The molecule has 1 aromatic carbocycles. The molecule has 1 unspecified atom stereocenters. The summed E-state index contributed by atoms with van der Waals surface area (Å²) in [6.45, 7) is 3.56. The smallest absolute Gasteiger partial charge is 0.233 e. The number of nitrogens with zero attached hydrogens (tertiary/aromatic N) is 1. The highest BCUT2D eigenvalue weighted by molar-refractivity contribution is 8.00. The Balaban J connectivity index is 1.84. The summed E-state index contributed by atoms with van der Waals surface area (Å²) in [6.07, 6.45) is 2.54. The van der Waals surface area contributed by atoms with Crippen LogP contribution < -0.4 is 4.74 Å². The van der Waals surface area contributed by atoms with E-state index in [0.29, 0.717) is 12.4 Å². The number of carbonyl (C=O) groups excluding carboxylic acids is 1. The lowest BCUT2D eigenvalue weighted by Crippen LogP contribution is -2.30. The van der Waals surface area contributed by atoms with Crippen molar-refractivity contribution in [1.82, 2.24) is 4.90 Å². The van der Waals surface area contributed by atoms with Crippen molar-refractivity contribution in [3.63, 3.8) is 0 Å². The molecule has 0 spiro atoms. The Labute approximate surface area is 118 Å². The fraction of sp³-hybridized carbons (Fsp3) is 0.533. The van der Waals surface area contributed by atoms with Crippen LogP contribution in [0.1, 0.15) is 30.7 Å². The molecule has 1 amide bonds. The molecular weight excluding hydrogens is 258 g/mol. The summed E-state index contributed by atoms with van der Waals surface area (Å²) in [5, 5.41) is 0.135. The van der Waals surface area contributed by atoms with Crippen molar-refractivity contribution in [2.75, 3.05) is 18.9 Å². The van der Waals surface area contributed by atoms with Crippen LogP contribution >= 0.6 is 11.8 Å². The van der Waals surface area contributed by atoms with Gasteiger partial charge in [-0.1, -0.05) is 18.2 Å². The third-order valence-corrected chi connectivity index (χ3v) is 4.84. The Morgan fingerprint density at radius 1 is 1.37 bits per heavy atom. The van der Waals surface area contributed by atoms with Gasteiger partial charge < -0.3 is 9.64 Å². The number of amides is 1. The van der Waals surface area contributed by atoms with Crippen molar-refractivity contribution < 1.29 is 9.53 Å². The molecule has 0 radical (unpaired) electrons. The monoisotopic (exact) mass is 277 g/mol. The second-order valence-electron chi connectivity index (χ2n) is 5.12. The van der Waals surface area contributed by atoms with Gasteiger partial charge in [0.15, 0.2) is 0 Å². The second kappa shape index (κ2) is 5.45. The molecule has 19 heavy (non-hydrogen) atoms. The fourth-order valence-electron chi connectivity index (χ4n) is 2.46. The van der Waals surface area contributed by atoms with Crippen LogP contribution in [0.5, 0.6) is 5.75 Å². The van der Waals surface area contributed by atoms with Crippen molar-refractivity contribution >= 4 is 17.7 Å². The molecule has 3 rings (SSSR count). The summed E-state index contributed by atoms with van der Waals surface area (Å²) in [4.78, 5) is 14.1. The zero-order valence-corrected chi connectivity index (χ0v) is 12.0. The SMILES string of the molecule is CCOc1ccccc1C1SCC(=O)N1CC1CC1. The summed E-state index contributed by atoms with van der Waals surface area (Å²) in [5.74, 6) is 2.51. The van der Waals surface area contributed by atoms with Gasteiger partial charge in [-0.3, -0.25) is 4.79 Å². The van der Waals surface area contributed by atoms with Gasteiger partial charge in [0, 0.05) is 12.1 Å². The first-order chi connectivity index (χ1) is 9.29. The van der Waals surface area contributed by atoms with Crippen LogP contribution in [-0.2, 0) is 4.79 Å². The van der Waals surface area contributed by atoms with E-state index in [4.69, 9.17) is 4.74 Å². The molecular formula is C15H19NO2S. The molecule has 4 heteroatoms. The predicted molar refractivity (Wildman–Crippen MR) is 77.2 cm³/mol. The van der Waals surface area contributed by atoms with Gasteiger partial charge in [0.1, 0.15) is 11.1 Å². The molecule has 102 valence electrons. The predicted octanol–water partition coefficient (Wildman–Crippen LogP) is 3.07. The highest BCUT2D eigenvalue weighted by Crippen LogP contribution is 2.44. The minimum absolute atomic E-state index is 0.135. The number of benzene rings is 1. The van der Waals surface area contributed by atoms with Crippen LogP contribution in [0.15, 0.2) is 24.3 Å². The first kappa shape index (κ1) is 12.9. The molecule has 2 aliphatic rings. The number of carbonyl (C=O) groups is 1. The fourth-order valence-corrected chi connectivity index (χ4v) is 3.68. The average molecular weight is 277 g/mol. The van der Waals surface area contributed by atoms with Gasteiger partial charge in [0.05, 0.1) is 12.4 Å². The van der Waals surface area contributed by atoms with E-state index >= 15 is 0 Å². The average Bonchev–Trinajstić information content (AvgIpc) is 3.16. The number of para-hydroxylation sites is 1. The van der Waals surface area contributed by atoms with Crippen LogP contribution in [0.25, 0.3) is 0 Å². The van der Waals surface area contributed by atoms with Crippen LogP contribution in [0, 0.1) is 5.92 Å². The molecule has 2 fully saturated rings. The Morgan fingerprint density at radius 2 is 2.16 bits per heavy atom. The van der Waals surface area contributed by atoms with Gasteiger partial charge in [-0.2, -0.15) is 0 Å². The van der Waals surface area contributed by atoms with Crippen molar-refractivity contribution in [3.05, 3.63) is 29.8 Å². The van der Waals surface area contributed by atoms with Crippen molar-refractivity contribution in [2.45, 2.75) is 25.1 Å². The first-order valence-electron chi connectivity index (χ1n) is 6.92. The van der Waals surface area contributed by atoms with Gasteiger partial charge in [-0.25, -0.2) is 0 Å². The van der Waals surface area contributed by atoms with Crippen LogP contribution in [-0.4, -0.2) is 29.7 Å². The van der Waals surface area contributed by atoms with E-state index in [1.54, 1.807) is 11.8 Å². The highest BCUT2D eigenvalue weighted by atomic mass is 32.2. The number of ether oxygens (including phenoxy) is 1. The number of hydrogen-bond acceptors (Lipinski definition) is 3. The largest absolute Gasteiger partial charge is 0.493 e. The summed E-state index contributed by atoms with van der Waals surface area (Å²) in [5.41, 5.74) is 1.14. The quantitative estimate of drug-likeness (QED) is 0.828. The molecule has 0 bridgehead atoms. The number of thioether (sulfide) groups is 1. The van der Waals surface area contributed by atoms with E-state index in [9.17, 15) is 4.79 Å². The maximum Gasteiger partial charge on any atom is 0.233 e. The molecule has 1 aliphatic carbocycles. The van der Waals surface area contributed by atoms with E-state index in [1.165, 1.54) is 12.8 Å². The van der Waals surface area contributed by atoms with E-state index in [0.717, 1.165) is 23.8 Å². The van der Waals surface area contributed by atoms with Gasteiger partial charge in [0.2, 0.25) is 5.91 Å². The molecule has 0 N–H and O–H groups in total. The van der Waals surface area contributed by atoms with Crippen LogP contribution in [0.2, 0.25) is 0 Å². The van der Waals surface area contributed by atoms with E-state index in [2.05, 4.69) is 6.07 Å². The normalized spacial score (nSPS) is 22.9. The Hall–Kier alpha value is -1.16. The maximum absolute atomic E-state index is 12.1. The molecule has 1 saturated heterocycles. The zero-order chi connectivity index (χ0) is 13.2. The molecule has 0 aromatic heterocycles. The number of rotatable bonds is 5. The van der Waals surface area contributed by atoms with Gasteiger partial charge in [-0.05, 0) is 31.7 Å². The first-order valence-corrected chi connectivity index (χ1v) is 7.97. The highest BCUT2D eigenvalue weighted by Gasteiger charge is 2.37. The van der Waals surface area contributed by atoms with Crippen molar-refractivity contribution in [1.29, 1.82) is 0 Å². The van der Waals surface area contributed by atoms with Gasteiger partial charge in [0.25, 0.3) is 0 Å². The summed E-state index contributed by atoms with van der Waals surface area (Å²) >= 11 is 1.72. The minimum atomic E-state index is 0.135. The lowest BCUT2D eigenvalue weighted by molar-refractivity contribution is -0.128. The second-order valence-corrected chi connectivity index (χ2v) is 6.19. The van der Waals surface area contributed by atoms with Crippen molar-refractivity contribution in [2.24, 2.45) is 5.92 Å². The summed E-state index contributed by atoms with van der Waals surface area (Å²) in [7, 11) is 0. The summed E-state index contributed by atoms with van der Waals surface area (Å²) < 4.78 is 5.70. The van der Waals surface area contributed by atoms with E-state index in [-0.39, 0.29) is 11.3 Å². The molecule has 1 atom stereocenters. The molecule has 1 heterocycles. The topological polar surface area (TPSA) is 29.5 Å². The zero-order valence-electron chi connectivity index (χ0n) is 11.2. The molecule has 1 aromatic rings. The third-order valence-electron chi connectivity index (χ3n) is 3.60.